The van der Waals surface area contributed by atoms with Crippen LogP contribution in [0.2, 0.25) is 0 Å². The number of unbranched alkanes of at least 4 members (excludes halogenated alkanes) is 1. The Labute approximate surface area is 176 Å². The van der Waals surface area contributed by atoms with Crippen molar-refractivity contribution in [3.05, 3.63) is 58.7 Å². The Morgan fingerprint density at radius 1 is 0.862 bits per heavy atom. The van der Waals surface area contributed by atoms with Crippen molar-refractivity contribution in [2.75, 3.05) is 0 Å². The molecule has 3 nitrogen and oxygen atoms in total. The summed E-state index contributed by atoms with van der Waals surface area (Å²) in [5.74, 6) is 0.950. The second-order valence-electron chi connectivity index (χ2n) is 8.79. The van der Waals surface area contributed by atoms with Crippen molar-refractivity contribution in [1.29, 1.82) is 0 Å². The monoisotopic (exact) mass is 396 g/mol. The third-order valence-electron chi connectivity index (χ3n) is 6.14. The molecule has 1 saturated carbocycles. The second kappa shape index (κ2) is 8.39. The molecule has 3 rings (SSSR count). The van der Waals surface area contributed by atoms with Crippen LogP contribution in [0.15, 0.2) is 36.4 Å². The molecule has 1 aliphatic rings. The molecule has 0 amide bonds. The highest BCUT2D eigenvalue weighted by Crippen LogP contribution is 2.58. The molecule has 1 unspecified atom stereocenters. The smallest absolute Gasteiger partial charge is 0.283 e. The lowest BCUT2D eigenvalue weighted by atomic mass is 10.1. The zero-order valence-electron chi connectivity index (χ0n) is 19.1. The number of hydrogen-bond acceptors (Lipinski definition) is 3. The average molecular weight is 397 g/mol. The minimum Gasteiger partial charge on any atom is -0.449 e. The summed E-state index contributed by atoms with van der Waals surface area (Å²) in [5.41, 5.74) is 4.31. The molecule has 158 valence electrons. The molecule has 0 saturated heterocycles. The maximum atomic E-state index is 6.69. The van der Waals surface area contributed by atoms with Crippen LogP contribution in [0.4, 0.5) is 0 Å². The van der Waals surface area contributed by atoms with Gasteiger partial charge in [-0.1, -0.05) is 44.0 Å². The zero-order valence-corrected chi connectivity index (χ0v) is 19.1. The molecule has 1 atom stereocenters. The number of rotatable bonds is 9. The van der Waals surface area contributed by atoms with Gasteiger partial charge in [-0.15, -0.1) is 0 Å². The van der Waals surface area contributed by atoms with Gasteiger partial charge in [0.05, 0.1) is 12.5 Å². The van der Waals surface area contributed by atoms with E-state index >= 15 is 0 Å². The Morgan fingerprint density at radius 3 is 1.83 bits per heavy atom. The third kappa shape index (κ3) is 4.30. The van der Waals surface area contributed by atoms with Crippen LogP contribution in [0.5, 0.6) is 11.5 Å². The maximum Gasteiger partial charge on any atom is 0.283 e. The van der Waals surface area contributed by atoms with Gasteiger partial charge < -0.3 is 14.2 Å². The van der Waals surface area contributed by atoms with E-state index in [-0.39, 0.29) is 6.10 Å². The summed E-state index contributed by atoms with van der Waals surface area (Å²) in [6.07, 6.45) is 3.97. The standard InChI is InChI=1S/C26H36O3/c1-8-9-16-25(27-18(2)3)17-26(25,28-23-14-10-12-19(4)21(23)6)29-24-15-11-13-20(5)22(24)7/h10-15,18H,8-9,16-17H2,1-7H3. The molecular formula is C26H36O3. The van der Waals surface area contributed by atoms with Crippen molar-refractivity contribution in [2.24, 2.45) is 0 Å². The van der Waals surface area contributed by atoms with E-state index in [2.05, 4.69) is 60.6 Å². The first-order chi connectivity index (χ1) is 13.7. The fourth-order valence-electron chi connectivity index (χ4n) is 4.02. The Bertz CT molecular complexity index is 802. The van der Waals surface area contributed by atoms with Gasteiger partial charge in [-0.2, -0.15) is 0 Å². The molecule has 0 aromatic heterocycles. The first-order valence-electron chi connectivity index (χ1n) is 10.9. The fraction of sp³-hybridized carbons (Fsp3) is 0.538. The third-order valence-corrected chi connectivity index (χ3v) is 6.14. The molecule has 2 aromatic carbocycles. The number of benzene rings is 2. The van der Waals surface area contributed by atoms with E-state index in [1.54, 1.807) is 0 Å². The minimum absolute atomic E-state index is 0.109. The van der Waals surface area contributed by atoms with Crippen LogP contribution in [0.25, 0.3) is 0 Å². The number of hydrogen-bond donors (Lipinski definition) is 0. The number of aryl methyl sites for hydroxylation is 2. The molecular weight excluding hydrogens is 360 g/mol. The van der Waals surface area contributed by atoms with Crippen LogP contribution in [0, 0.1) is 27.7 Å². The predicted octanol–water partition coefficient (Wildman–Crippen LogP) is 6.83. The van der Waals surface area contributed by atoms with E-state index in [4.69, 9.17) is 14.2 Å². The lowest BCUT2D eigenvalue weighted by Crippen LogP contribution is -2.41. The Hall–Kier alpha value is -2.00. The molecule has 0 spiro atoms. The molecule has 0 radical (unpaired) electrons. The van der Waals surface area contributed by atoms with Crippen LogP contribution in [0.3, 0.4) is 0 Å². The van der Waals surface area contributed by atoms with Gasteiger partial charge in [-0.25, -0.2) is 0 Å². The van der Waals surface area contributed by atoms with Gasteiger partial charge in [0.2, 0.25) is 0 Å². The summed E-state index contributed by atoms with van der Waals surface area (Å²) in [6, 6.07) is 12.4. The SMILES string of the molecule is CCCCC1(OC(C)C)CC1(Oc1cccc(C)c1C)Oc1cccc(C)c1C. The van der Waals surface area contributed by atoms with Gasteiger partial charge in [0.15, 0.2) is 5.60 Å². The summed E-state index contributed by atoms with van der Waals surface area (Å²) < 4.78 is 19.9. The van der Waals surface area contributed by atoms with Gasteiger partial charge in [-0.05, 0) is 82.3 Å². The summed E-state index contributed by atoms with van der Waals surface area (Å²) in [6.45, 7) is 14.8. The van der Waals surface area contributed by atoms with Crippen molar-refractivity contribution >= 4 is 0 Å². The van der Waals surface area contributed by atoms with Gasteiger partial charge >= 0.3 is 0 Å². The second-order valence-corrected chi connectivity index (χ2v) is 8.79. The lowest BCUT2D eigenvalue weighted by Gasteiger charge is -2.30. The largest absolute Gasteiger partial charge is 0.449 e. The summed E-state index contributed by atoms with van der Waals surface area (Å²) in [4.78, 5) is 0. The first kappa shape index (κ1) is 21.7. The predicted molar refractivity (Wildman–Crippen MR) is 119 cm³/mol. The molecule has 0 bridgehead atoms. The van der Waals surface area contributed by atoms with Crippen molar-refractivity contribution in [1.82, 2.24) is 0 Å². The zero-order chi connectivity index (χ0) is 21.2. The highest BCUT2D eigenvalue weighted by Gasteiger charge is 2.75. The van der Waals surface area contributed by atoms with Crippen LogP contribution in [-0.4, -0.2) is 17.5 Å². The quantitative estimate of drug-likeness (QED) is 0.435. The fourth-order valence-corrected chi connectivity index (χ4v) is 4.02. The van der Waals surface area contributed by atoms with Gasteiger partial charge in [0, 0.05) is 0 Å². The maximum absolute atomic E-state index is 6.69. The highest BCUT2D eigenvalue weighted by molar-refractivity contribution is 5.42. The lowest BCUT2D eigenvalue weighted by molar-refractivity contribution is -0.135. The molecule has 3 heteroatoms. The normalized spacial score (nSPS) is 20.0. The molecule has 1 fully saturated rings. The Kier molecular flexibility index (Phi) is 6.28. The Morgan fingerprint density at radius 2 is 1.38 bits per heavy atom. The van der Waals surface area contributed by atoms with Gasteiger partial charge in [0.25, 0.3) is 5.79 Å². The van der Waals surface area contributed by atoms with Crippen LogP contribution >= 0.6 is 0 Å². The van der Waals surface area contributed by atoms with Gasteiger partial charge in [0.1, 0.15) is 11.5 Å². The topological polar surface area (TPSA) is 27.7 Å². The Balaban J connectivity index is 2.01. The number of ether oxygens (including phenoxy) is 3. The van der Waals surface area contributed by atoms with Crippen LogP contribution in [0.1, 0.15) is 68.7 Å². The van der Waals surface area contributed by atoms with E-state index < -0.39 is 11.4 Å². The van der Waals surface area contributed by atoms with E-state index in [0.717, 1.165) is 48.3 Å². The van der Waals surface area contributed by atoms with E-state index in [9.17, 15) is 0 Å². The summed E-state index contributed by atoms with van der Waals surface area (Å²) in [7, 11) is 0. The van der Waals surface area contributed by atoms with Gasteiger partial charge in [-0.3, -0.25) is 0 Å². The van der Waals surface area contributed by atoms with Crippen molar-refractivity contribution in [3.63, 3.8) is 0 Å². The van der Waals surface area contributed by atoms with Crippen molar-refractivity contribution in [3.8, 4) is 11.5 Å². The van der Waals surface area contributed by atoms with Crippen molar-refractivity contribution < 1.29 is 14.2 Å². The highest BCUT2D eigenvalue weighted by atomic mass is 16.7. The van der Waals surface area contributed by atoms with E-state index in [1.165, 1.54) is 11.1 Å². The van der Waals surface area contributed by atoms with E-state index in [1.807, 2.05) is 24.3 Å². The minimum atomic E-state index is -0.802. The summed E-state index contributed by atoms with van der Waals surface area (Å²) >= 11 is 0. The molecule has 0 aliphatic heterocycles. The molecule has 1 aliphatic carbocycles. The van der Waals surface area contributed by atoms with Crippen LogP contribution in [-0.2, 0) is 4.74 Å². The van der Waals surface area contributed by atoms with Crippen molar-refractivity contribution in [2.45, 2.75) is 91.6 Å². The first-order valence-corrected chi connectivity index (χ1v) is 10.9. The molecule has 29 heavy (non-hydrogen) atoms. The molecule has 0 N–H and O–H groups in total. The summed E-state index contributed by atoms with van der Waals surface area (Å²) in [5, 5.41) is 0. The van der Waals surface area contributed by atoms with Crippen LogP contribution < -0.4 is 9.47 Å². The van der Waals surface area contributed by atoms with E-state index in [0.29, 0.717) is 0 Å². The average Bonchev–Trinajstić information content (AvgIpc) is 3.26. The molecule has 2 aromatic rings. The molecule has 0 heterocycles.